The first-order valence-electron chi connectivity index (χ1n) is 5.99. The van der Waals surface area contributed by atoms with Crippen LogP contribution in [0, 0.1) is 0 Å². The molecule has 0 saturated heterocycles. The smallest absolute Gasteiger partial charge is 0.416 e. The second-order valence-electron chi connectivity index (χ2n) is 4.34. The van der Waals surface area contributed by atoms with E-state index in [-0.39, 0.29) is 5.56 Å². The van der Waals surface area contributed by atoms with E-state index in [0.29, 0.717) is 11.3 Å². The van der Waals surface area contributed by atoms with Gasteiger partial charge in [0, 0.05) is 0 Å². The molecule has 0 bridgehead atoms. The number of benzene rings is 2. The largest absolute Gasteiger partial charge is 0.497 e. The average molecular weight is 281 g/mol. The van der Waals surface area contributed by atoms with Crippen molar-refractivity contribution in [3.63, 3.8) is 0 Å². The maximum Gasteiger partial charge on any atom is 0.416 e. The highest BCUT2D eigenvalue weighted by Crippen LogP contribution is 2.37. The van der Waals surface area contributed by atoms with Gasteiger partial charge in [0.15, 0.2) is 0 Å². The fraction of sp³-hybridized carbons (Fsp3) is 0.200. The molecule has 2 nitrogen and oxygen atoms in total. The van der Waals surface area contributed by atoms with Gasteiger partial charge in [-0.1, -0.05) is 30.3 Å². The SMILES string of the molecule is COc1ccc(C(F)(F)F)c(C(N)c2ccccc2)c1. The van der Waals surface area contributed by atoms with Gasteiger partial charge in [-0.2, -0.15) is 13.2 Å². The van der Waals surface area contributed by atoms with E-state index >= 15 is 0 Å². The highest BCUT2D eigenvalue weighted by Gasteiger charge is 2.35. The molecule has 0 aromatic heterocycles. The van der Waals surface area contributed by atoms with E-state index < -0.39 is 17.8 Å². The summed E-state index contributed by atoms with van der Waals surface area (Å²) in [6.07, 6.45) is -4.45. The summed E-state index contributed by atoms with van der Waals surface area (Å²) < 4.78 is 44.2. The van der Waals surface area contributed by atoms with Crippen LogP contribution >= 0.6 is 0 Å². The van der Waals surface area contributed by atoms with Crippen LogP contribution in [0.5, 0.6) is 5.75 Å². The lowest BCUT2D eigenvalue weighted by molar-refractivity contribution is -0.138. The van der Waals surface area contributed by atoms with Crippen LogP contribution in [-0.4, -0.2) is 7.11 Å². The number of halogens is 3. The van der Waals surface area contributed by atoms with Crippen molar-refractivity contribution in [1.82, 2.24) is 0 Å². The van der Waals surface area contributed by atoms with E-state index in [9.17, 15) is 13.2 Å². The molecule has 2 rings (SSSR count). The Balaban J connectivity index is 2.53. The van der Waals surface area contributed by atoms with Gasteiger partial charge in [-0.3, -0.25) is 0 Å². The van der Waals surface area contributed by atoms with Crippen molar-refractivity contribution in [1.29, 1.82) is 0 Å². The Morgan fingerprint density at radius 1 is 1.05 bits per heavy atom. The van der Waals surface area contributed by atoms with E-state index in [4.69, 9.17) is 10.5 Å². The Hall–Kier alpha value is -2.01. The highest BCUT2D eigenvalue weighted by molar-refractivity contribution is 5.43. The summed E-state index contributed by atoms with van der Waals surface area (Å²) in [6.45, 7) is 0. The van der Waals surface area contributed by atoms with Crippen molar-refractivity contribution in [2.24, 2.45) is 5.73 Å². The second kappa shape index (κ2) is 5.54. The maximum atomic E-state index is 13.1. The van der Waals surface area contributed by atoms with Crippen molar-refractivity contribution in [2.75, 3.05) is 7.11 Å². The predicted molar refractivity (Wildman–Crippen MR) is 70.5 cm³/mol. The average Bonchev–Trinajstić information content (AvgIpc) is 2.45. The van der Waals surface area contributed by atoms with E-state index in [1.807, 2.05) is 0 Å². The first kappa shape index (κ1) is 14.4. The Labute approximate surface area is 115 Å². The van der Waals surface area contributed by atoms with E-state index in [2.05, 4.69) is 0 Å². The first-order valence-corrected chi connectivity index (χ1v) is 5.99. The van der Waals surface area contributed by atoms with E-state index in [1.165, 1.54) is 19.2 Å². The third kappa shape index (κ3) is 2.93. The van der Waals surface area contributed by atoms with Crippen molar-refractivity contribution in [3.05, 3.63) is 65.2 Å². The Morgan fingerprint density at radius 2 is 1.70 bits per heavy atom. The van der Waals surface area contributed by atoms with Crippen LogP contribution < -0.4 is 10.5 Å². The number of hydrogen-bond donors (Lipinski definition) is 1. The molecule has 1 atom stereocenters. The number of methoxy groups -OCH3 is 1. The van der Waals surface area contributed by atoms with Gasteiger partial charge in [-0.05, 0) is 29.3 Å². The summed E-state index contributed by atoms with van der Waals surface area (Å²) in [6, 6.07) is 11.4. The third-order valence-corrected chi connectivity index (χ3v) is 3.06. The zero-order chi connectivity index (χ0) is 14.8. The van der Waals surface area contributed by atoms with Crippen molar-refractivity contribution in [3.8, 4) is 5.75 Å². The molecular formula is C15H14F3NO. The van der Waals surface area contributed by atoms with E-state index in [0.717, 1.165) is 6.07 Å². The summed E-state index contributed by atoms with van der Waals surface area (Å²) in [7, 11) is 1.40. The number of alkyl halides is 3. The third-order valence-electron chi connectivity index (χ3n) is 3.06. The van der Waals surface area contributed by atoms with Crippen LogP contribution in [0.25, 0.3) is 0 Å². The van der Waals surface area contributed by atoms with Crippen LogP contribution in [0.4, 0.5) is 13.2 Å². The number of rotatable bonds is 3. The molecule has 0 fully saturated rings. The van der Waals surface area contributed by atoms with Crippen LogP contribution in [0.1, 0.15) is 22.7 Å². The van der Waals surface area contributed by atoms with Gasteiger partial charge < -0.3 is 10.5 Å². The Kier molecular flexibility index (Phi) is 3.99. The van der Waals surface area contributed by atoms with Gasteiger partial charge in [-0.25, -0.2) is 0 Å². The molecule has 1 unspecified atom stereocenters. The second-order valence-corrected chi connectivity index (χ2v) is 4.34. The fourth-order valence-electron chi connectivity index (χ4n) is 2.02. The topological polar surface area (TPSA) is 35.2 Å². The van der Waals surface area contributed by atoms with Crippen LogP contribution in [0.15, 0.2) is 48.5 Å². The van der Waals surface area contributed by atoms with Crippen molar-refractivity contribution < 1.29 is 17.9 Å². The number of ether oxygens (including phenoxy) is 1. The van der Waals surface area contributed by atoms with Gasteiger partial charge in [0.2, 0.25) is 0 Å². The van der Waals surface area contributed by atoms with Gasteiger partial charge in [0.05, 0.1) is 18.7 Å². The summed E-state index contributed by atoms with van der Waals surface area (Å²) in [5.41, 5.74) is 5.86. The minimum atomic E-state index is -4.45. The van der Waals surface area contributed by atoms with Gasteiger partial charge in [-0.15, -0.1) is 0 Å². The molecule has 20 heavy (non-hydrogen) atoms. The Bertz CT molecular complexity index is 581. The molecule has 0 spiro atoms. The standard InChI is InChI=1S/C15H14F3NO/c1-20-11-7-8-13(15(16,17)18)12(9-11)14(19)10-5-3-2-4-6-10/h2-9,14H,19H2,1H3. The maximum absolute atomic E-state index is 13.1. The van der Waals surface area contributed by atoms with Crippen LogP contribution in [0.3, 0.4) is 0 Å². The molecule has 2 aromatic carbocycles. The quantitative estimate of drug-likeness (QED) is 0.929. The molecule has 0 heterocycles. The van der Waals surface area contributed by atoms with Crippen LogP contribution in [0.2, 0.25) is 0 Å². The molecule has 0 radical (unpaired) electrons. The molecule has 2 N–H and O–H groups in total. The Morgan fingerprint density at radius 3 is 2.25 bits per heavy atom. The molecule has 106 valence electrons. The van der Waals surface area contributed by atoms with Crippen molar-refractivity contribution >= 4 is 0 Å². The summed E-state index contributed by atoms with van der Waals surface area (Å²) in [5.74, 6) is 0.347. The minimum Gasteiger partial charge on any atom is -0.497 e. The van der Waals surface area contributed by atoms with E-state index in [1.54, 1.807) is 30.3 Å². The molecule has 0 aliphatic heterocycles. The molecular weight excluding hydrogens is 267 g/mol. The minimum absolute atomic E-state index is 0.00282. The van der Waals surface area contributed by atoms with Crippen molar-refractivity contribution in [2.45, 2.75) is 12.2 Å². The number of hydrogen-bond acceptors (Lipinski definition) is 2. The fourth-order valence-corrected chi connectivity index (χ4v) is 2.02. The number of nitrogens with two attached hydrogens (primary N) is 1. The lowest BCUT2D eigenvalue weighted by Crippen LogP contribution is -2.18. The lowest BCUT2D eigenvalue weighted by Gasteiger charge is -2.19. The van der Waals surface area contributed by atoms with Gasteiger partial charge in [0.1, 0.15) is 5.75 Å². The summed E-state index contributed by atoms with van der Waals surface area (Å²) >= 11 is 0. The molecule has 0 aliphatic carbocycles. The summed E-state index contributed by atoms with van der Waals surface area (Å²) in [4.78, 5) is 0. The molecule has 0 aliphatic rings. The monoisotopic (exact) mass is 281 g/mol. The summed E-state index contributed by atoms with van der Waals surface area (Å²) in [5, 5.41) is 0. The zero-order valence-electron chi connectivity index (χ0n) is 10.8. The predicted octanol–water partition coefficient (Wildman–Crippen LogP) is 3.76. The normalized spacial score (nSPS) is 13.1. The van der Waals surface area contributed by atoms with Gasteiger partial charge >= 0.3 is 6.18 Å². The molecule has 2 aromatic rings. The lowest BCUT2D eigenvalue weighted by atomic mass is 9.94. The van der Waals surface area contributed by atoms with Crippen LogP contribution in [-0.2, 0) is 6.18 Å². The zero-order valence-corrected chi connectivity index (χ0v) is 10.8. The molecule has 5 heteroatoms. The molecule has 0 saturated carbocycles. The highest BCUT2D eigenvalue weighted by atomic mass is 19.4. The first-order chi connectivity index (χ1) is 9.43. The van der Waals surface area contributed by atoms with Gasteiger partial charge in [0.25, 0.3) is 0 Å². The molecule has 0 amide bonds.